The Bertz CT molecular complexity index is 476. The lowest BCUT2D eigenvalue weighted by Gasteiger charge is -2.13. The summed E-state index contributed by atoms with van der Waals surface area (Å²) in [5.74, 6) is 0.230. The van der Waals surface area contributed by atoms with Gasteiger partial charge in [-0.25, -0.2) is 4.79 Å². The van der Waals surface area contributed by atoms with Gasteiger partial charge < -0.3 is 15.9 Å². The van der Waals surface area contributed by atoms with Crippen molar-refractivity contribution in [3.8, 4) is 0 Å². The Kier molecular flexibility index (Phi) is 3.41. The first-order valence-corrected chi connectivity index (χ1v) is 6.27. The predicted octanol–water partition coefficient (Wildman–Crippen LogP) is -0.509. The van der Waals surface area contributed by atoms with E-state index >= 15 is 0 Å². The van der Waals surface area contributed by atoms with Gasteiger partial charge in [-0.15, -0.1) is 11.8 Å². The number of hydrogen-bond acceptors (Lipinski definition) is 6. The third kappa shape index (κ3) is 2.31. The molecule has 1 aromatic rings. The Morgan fingerprint density at radius 2 is 2.41 bits per heavy atom. The number of aromatic nitrogens is 2. The highest BCUT2D eigenvalue weighted by Gasteiger charge is 2.34. The number of aliphatic hydroxyl groups excluding tert-OH is 2. The lowest BCUT2D eigenvalue weighted by atomic mass is 10.2. The standard InChI is InChI=1S/C10H15N3O3S/c1-5-3-13(10(16)12-9(5)11)8-2-6(15)7(4-14)17-8/h3,6-8,14-15H,2,4H2,1H3,(H2,11,12,16)/t6-,7+,8+/m0/s1. The van der Waals surface area contributed by atoms with Gasteiger partial charge in [0.15, 0.2) is 0 Å². The molecule has 2 rings (SSSR count). The van der Waals surface area contributed by atoms with E-state index in [0.29, 0.717) is 6.42 Å². The lowest BCUT2D eigenvalue weighted by Crippen LogP contribution is -2.26. The molecule has 7 heteroatoms. The Labute approximate surface area is 102 Å². The van der Waals surface area contributed by atoms with Gasteiger partial charge in [-0.2, -0.15) is 4.98 Å². The van der Waals surface area contributed by atoms with Gasteiger partial charge in [0.1, 0.15) is 5.82 Å². The van der Waals surface area contributed by atoms with Crippen LogP contribution in [0.15, 0.2) is 11.0 Å². The molecule has 6 nitrogen and oxygen atoms in total. The molecule has 0 radical (unpaired) electrons. The molecule has 4 N–H and O–H groups in total. The van der Waals surface area contributed by atoms with Crippen LogP contribution < -0.4 is 11.4 Å². The fraction of sp³-hybridized carbons (Fsp3) is 0.600. The quantitative estimate of drug-likeness (QED) is 0.659. The zero-order valence-electron chi connectivity index (χ0n) is 9.41. The van der Waals surface area contributed by atoms with E-state index in [1.54, 1.807) is 13.1 Å². The molecule has 1 saturated heterocycles. The second-order valence-electron chi connectivity index (χ2n) is 4.11. The van der Waals surface area contributed by atoms with E-state index in [0.717, 1.165) is 5.56 Å². The molecule has 0 amide bonds. The van der Waals surface area contributed by atoms with E-state index in [-0.39, 0.29) is 23.0 Å². The summed E-state index contributed by atoms with van der Waals surface area (Å²) < 4.78 is 1.47. The summed E-state index contributed by atoms with van der Waals surface area (Å²) in [7, 11) is 0. The Balaban J connectivity index is 2.30. The third-order valence-electron chi connectivity index (χ3n) is 2.87. The van der Waals surface area contributed by atoms with Crippen molar-refractivity contribution in [2.75, 3.05) is 12.3 Å². The van der Waals surface area contributed by atoms with Gasteiger partial charge in [0, 0.05) is 18.2 Å². The van der Waals surface area contributed by atoms with Crippen LogP contribution in [0.4, 0.5) is 5.82 Å². The number of nitrogens with zero attached hydrogens (tertiary/aromatic N) is 2. The third-order valence-corrected chi connectivity index (χ3v) is 4.41. The van der Waals surface area contributed by atoms with Gasteiger partial charge in [0.2, 0.25) is 0 Å². The highest BCUT2D eigenvalue weighted by atomic mass is 32.2. The molecule has 1 aliphatic heterocycles. The minimum absolute atomic E-state index is 0.0987. The SMILES string of the molecule is Cc1cn([C@H]2C[C@H](O)[C@@H](CO)S2)c(=O)nc1N. The second kappa shape index (κ2) is 4.67. The summed E-state index contributed by atoms with van der Waals surface area (Å²) in [6.45, 7) is 1.68. The van der Waals surface area contributed by atoms with Gasteiger partial charge in [0.25, 0.3) is 0 Å². The maximum Gasteiger partial charge on any atom is 0.350 e. The minimum atomic E-state index is -0.597. The average Bonchev–Trinajstić information content (AvgIpc) is 2.65. The van der Waals surface area contributed by atoms with Crippen molar-refractivity contribution in [1.29, 1.82) is 0 Å². The van der Waals surface area contributed by atoms with E-state index < -0.39 is 11.8 Å². The molecule has 0 spiro atoms. The number of hydrogen-bond donors (Lipinski definition) is 3. The fourth-order valence-corrected chi connectivity index (χ4v) is 3.21. The summed E-state index contributed by atoms with van der Waals surface area (Å²) in [4.78, 5) is 15.4. The van der Waals surface area contributed by atoms with Crippen molar-refractivity contribution in [1.82, 2.24) is 9.55 Å². The molecular weight excluding hydrogens is 242 g/mol. The van der Waals surface area contributed by atoms with Crippen molar-refractivity contribution in [2.45, 2.75) is 30.1 Å². The zero-order chi connectivity index (χ0) is 12.6. The number of anilines is 1. The van der Waals surface area contributed by atoms with Crippen LogP contribution in [0, 0.1) is 6.92 Å². The number of rotatable bonds is 2. The highest BCUT2D eigenvalue weighted by molar-refractivity contribution is 8.00. The molecule has 1 aromatic heterocycles. The van der Waals surface area contributed by atoms with Crippen molar-refractivity contribution >= 4 is 17.6 Å². The molecule has 0 saturated carbocycles. The topological polar surface area (TPSA) is 101 Å². The molecular formula is C10H15N3O3S. The minimum Gasteiger partial charge on any atom is -0.395 e. The van der Waals surface area contributed by atoms with Crippen LogP contribution in [-0.4, -0.2) is 37.7 Å². The van der Waals surface area contributed by atoms with Crippen molar-refractivity contribution < 1.29 is 10.2 Å². The molecule has 0 unspecified atom stereocenters. The van der Waals surface area contributed by atoms with Crippen LogP contribution in [0.1, 0.15) is 17.4 Å². The fourth-order valence-electron chi connectivity index (χ4n) is 1.84. The first-order valence-electron chi connectivity index (χ1n) is 5.32. The van der Waals surface area contributed by atoms with Gasteiger partial charge in [-0.1, -0.05) is 0 Å². The molecule has 0 bridgehead atoms. The van der Waals surface area contributed by atoms with Crippen molar-refractivity contribution in [3.63, 3.8) is 0 Å². The predicted molar refractivity (Wildman–Crippen MR) is 65.8 cm³/mol. The molecule has 94 valence electrons. The first-order chi connectivity index (χ1) is 8.02. The summed E-state index contributed by atoms with van der Waals surface area (Å²) >= 11 is 1.38. The van der Waals surface area contributed by atoms with E-state index in [1.807, 2.05) is 0 Å². The molecule has 3 atom stereocenters. The van der Waals surface area contributed by atoms with Gasteiger partial charge in [-0.3, -0.25) is 4.57 Å². The molecule has 17 heavy (non-hydrogen) atoms. The van der Waals surface area contributed by atoms with Crippen LogP contribution in [0.3, 0.4) is 0 Å². The number of aliphatic hydroxyl groups is 2. The van der Waals surface area contributed by atoms with Crippen LogP contribution in [0.25, 0.3) is 0 Å². The van der Waals surface area contributed by atoms with Crippen LogP contribution >= 0.6 is 11.8 Å². The maximum atomic E-state index is 11.7. The van der Waals surface area contributed by atoms with E-state index in [2.05, 4.69) is 4.98 Å². The van der Waals surface area contributed by atoms with Crippen LogP contribution in [0.5, 0.6) is 0 Å². The molecule has 2 heterocycles. The Morgan fingerprint density at radius 3 is 3.00 bits per heavy atom. The highest BCUT2D eigenvalue weighted by Crippen LogP contribution is 2.40. The largest absolute Gasteiger partial charge is 0.395 e. The Morgan fingerprint density at radius 1 is 1.71 bits per heavy atom. The summed E-state index contributed by atoms with van der Waals surface area (Å²) in [6, 6.07) is 0. The smallest absolute Gasteiger partial charge is 0.350 e. The van der Waals surface area contributed by atoms with Crippen LogP contribution in [-0.2, 0) is 0 Å². The normalized spacial score (nSPS) is 28.5. The number of thioether (sulfide) groups is 1. The van der Waals surface area contributed by atoms with Crippen molar-refractivity contribution in [2.24, 2.45) is 0 Å². The van der Waals surface area contributed by atoms with E-state index in [4.69, 9.17) is 10.8 Å². The number of nitrogens with two attached hydrogens (primary N) is 1. The van der Waals surface area contributed by atoms with E-state index in [9.17, 15) is 9.90 Å². The zero-order valence-corrected chi connectivity index (χ0v) is 10.2. The number of aryl methyl sites for hydroxylation is 1. The van der Waals surface area contributed by atoms with Gasteiger partial charge in [0.05, 0.1) is 23.3 Å². The number of nitrogen functional groups attached to an aromatic ring is 1. The monoisotopic (exact) mass is 257 g/mol. The maximum absolute atomic E-state index is 11.7. The molecule has 0 aromatic carbocycles. The van der Waals surface area contributed by atoms with Gasteiger partial charge in [-0.05, 0) is 6.92 Å². The Hall–Kier alpha value is -1.05. The van der Waals surface area contributed by atoms with Crippen molar-refractivity contribution in [3.05, 3.63) is 22.2 Å². The van der Waals surface area contributed by atoms with E-state index in [1.165, 1.54) is 16.3 Å². The summed E-state index contributed by atoms with van der Waals surface area (Å²) in [6.07, 6.45) is 1.48. The summed E-state index contributed by atoms with van der Waals surface area (Å²) in [5, 5.41) is 18.3. The molecule has 1 fully saturated rings. The van der Waals surface area contributed by atoms with Crippen LogP contribution in [0.2, 0.25) is 0 Å². The lowest BCUT2D eigenvalue weighted by molar-refractivity contribution is 0.137. The molecule has 1 aliphatic rings. The second-order valence-corrected chi connectivity index (χ2v) is 5.54. The summed E-state index contributed by atoms with van der Waals surface area (Å²) in [5.41, 5.74) is 5.86. The first kappa shape index (κ1) is 12.4. The van der Waals surface area contributed by atoms with Gasteiger partial charge >= 0.3 is 5.69 Å². The molecule has 0 aliphatic carbocycles. The average molecular weight is 257 g/mol.